The second-order valence-electron chi connectivity index (χ2n) is 6.98. The fraction of sp³-hybridized carbons (Fsp3) is 0.0870. The maximum Gasteiger partial charge on any atom is 0.247 e. The zero-order valence-corrected chi connectivity index (χ0v) is 19.5. The van der Waals surface area contributed by atoms with Crippen LogP contribution >= 0.6 is 46.6 Å². The van der Waals surface area contributed by atoms with E-state index in [9.17, 15) is 0 Å². The molecule has 9 heteroatoms. The number of aromatic nitrogens is 3. The lowest BCUT2D eigenvalue weighted by atomic mass is 10.1. The molecule has 2 heterocycles. The third-order valence-corrected chi connectivity index (χ3v) is 6.71. The summed E-state index contributed by atoms with van der Waals surface area (Å²) in [5.74, 6) is 0.983. The number of hydrogen-bond donors (Lipinski definition) is 1. The van der Waals surface area contributed by atoms with Crippen molar-refractivity contribution >= 4 is 52.3 Å². The minimum Gasteiger partial charge on any atom is -0.448 e. The number of benzene rings is 3. The Bertz CT molecular complexity index is 1300. The molecule has 0 fully saturated rings. The van der Waals surface area contributed by atoms with Crippen LogP contribution in [0, 0.1) is 0 Å². The van der Waals surface area contributed by atoms with Crippen LogP contribution < -0.4 is 10.1 Å². The number of halogens is 3. The van der Waals surface area contributed by atoms with Gasteiger partial charge in [-0.2, -0.15) is 4.98 Å². The first-order valence-corrected chi connectivity index (χ1v) is 11.8. The molecule has 5 nitrogen and oxygen atoms in total. The molecule has 0 saturated carbocycles. The van der Waals surface area contributed by atoms with Crippen molar-refractivity contribution < 1.29 is 4.74 Å². The maximum atomic E-state index is 6.46. The molecule has 32 heavy (non-hydrogen) atoms. The van der Waals surface area contributed by atoms with Gasteiger partial charge in [0.15, 0.2) is 11.9 Å². The van der Waals surface area contributed by atoms with Crippen LogP contribution in [-0.2, 0) is 5.75 Å². The molecule has 3 aromatic carbocycles. The van der Waals surface area contributed by atoms with Crippen molar-refractivity contribution in [2.75, 3.05) is 5.32 Å². The molecule has 1 aliphatic heterocycles. The van der Waals surface area contributed by atoms with Crippen molar-refractivity contribution in [1.82, 2.24) is 15.2 Å². The van der Waals surface area contributed by atoms with E-state index in [-0.39, 0.29) is 0 Å². The zero-order chi connectivity index (χ0) is 22.1. The predicted octanol–water partition coefficient (Wildman–Crippen LogP) is 7.29. The third kappa shape index (κ3) is 4.36. The van der Waals surface area contributed by atoms with E-state index in [0.717, 1.165) is 22.4 Å². The molecule has 0 unspecified atom stereocenters. The fourth-order valence-corrected chi connectivity index (χ4v) is 4.89. The molecule has 0 spiro atoms. The predicted molar refractivity (Wildman–Crippen MR) is 130 cm³/mol. The Labute approximate surface area is 204 Å². The molecule has 0 saturated heterocycles. The Morgan fingerprint density at radius 1 is 0.906 bits per heavy atom. The van der Waals surface area contributed by atoms with Crippen LogP contribution in [0.1, 0.15) is 17.4 Å². The van der Waals surface area contributed by atoms with Gasteiger partial charge in [-0.25, -0.2) is 0 Å². The van der Waals surface area contributed by atoms with Crippen LogP contribution in [0.4, 0.5) is 5.69 Å². The van der Waals surface area contributed by atoms with Gasteiger partial charge in [0.2, 0.25) is 11.0 Å². The number of nitrogens with one attached hydrogen (secondary N) is 1. The van der Waals surface area contributed by atoms with E-state index in [4.69, 9.17) is 39.5 Å². The van der Waals surface area contributed by atoms with Crippen LogP contribution in [0.25, 0.3) is 11.3 Å². The molecule has 0 bridgehead atoms. The lowest BCUT2D eigenvalue weighted by molar-refractivity contribution is 0.225. The largest absolute Gasteiger partial charge is 0.448 e. The number of nitrogens with zero attached hydrogens (tertiary/aromatic N) is 3. The van der Waals surface area contributed by atoms with E-state index in [0.29, 0.717) is 37.6 Å². The van der Waals surface area contributed by atoms with Crippen LogP contribution in [-0.4, -0.2) is 15.2 Å². The van der Waals surface area contributed by atoms with Gasteiger partial charge in [0.1, 0.15) is 0 Å². The SMILES string of the molecule is Clc1ccc([C@H]2Nc3ccccc3-c3nnc(SCc4ccccc4Cl)nc3O2)c(Cl)c1. The average molecular weight is 502 g/mol. The third-order valence-electron chi connectivity index (χ3n) is 4.89. The van der Waals surface area contributed by atoms with E-state index in [1.54, 1.807) is 12.1 Å². The van der Waals surface area contributed by atoms with E-state index in [1.807, 2.05) is 54.6 Å². The molecule has 0 amide bonds. The van der Waals surface area contributed by atoms with Crippen LogP contribution in [0.5, 0.6) is 5.88 Å². The normalized spacial score (nSPS) is 14.5. The first-order chi connectivity index (χ1) is 15.6. The monoisotopic (exact) mass is 500 g/mol. The molecule has 1 atom stereocenters. The summed E-state index contributed by atoms with van der Waals surface area (Å²) in [5, 5.41) is 14.4. The summed E-state index contributed by atoms with van der Waals surface area (Å²) in [6.45, 7) is 0. The van der Waals surface area contributed by atoms with Gasteiger partial charge in [0, 0.05) is 32.6 Å². The van der Waals surface area contributed by atoms with E-state index < -0.39 is 6.23 Å². The molecule has 0 aliphatic carbocycles. The average Bonchev–Trinajstić information content (AvgIpc) is 2.95. The molecule has 1 aliphatic rings. The first kappa shape index (κ1) is 21.3. The van der Waals surface area contributed by atoms with Gasteiger partial charge in [-0.05, 0) is 29.8 Å². The minimum absolute atomic E-state index is 0.370. The maximum absolute atomic E-state index is 6.46. The summed E-state index contributed by atoms with van der Waals surface area (Å²) in [4.78, 5) is 4.65. The van der Waals surface area contributed by atoms with E-state index in [1.165, 1.54) is 11.8 Å². The number of ether oxygens (including phenoxy) is 1. The highest BCUT2D eigenvalue weighted by atomic mass is 35.5. The van der Waals surface area contributed by atoms with Gasteiger partial charge >= 0.3 is 0 Å². The molecular formula is C23H15Cl3N4OS. The van der Waals surface area contributed by atoms with Gasteiger partial charge in [-0.1, -0.05) is 89.0 Å². The summed E-state index contributed by atoms with van der Waals surface area (Å²) in [5.41, 5.74) is 3.98. The standard InChI is InChI=1S/C23H15Cl3N4OS/c24-14-9-10-15(18(26)11-14)21-27-19-8-4-2-6-16(19)20-22(31-21)28-23(30-29-20)32-12-13-5-1-3-7-17(13)25/h1-11,21,27H,12H2/t21-/m0/s1. The Morgan fingerprint density at radius 2 is 1.72 bits per heavy atom. The summed E-state index contributed by atoms with van der Waals surface area (Å²) in [6, 6.07) is 20.7. The number of rotatable bonds is 4. The van der Waals surface area contributed by atoms with Crippen molar-refractivity contribution in [2.45, 2.75) is 17.1 Å². The van der Waals surface area contributed by atoms with Gasteiger partial charge in [-0.15, -0.1) is 10.2 Å². The Balaban J connectivity index is 1.51. The number of thioether (sulfide) groups is 1. The lowest BCUT2D eigenvalue weighted by Gasteiger charge is -2.20. The molecule has 160 valence electrons. The molecule has 1 N–H and O–H groups in total. The second-order valence-corrected chi connectivity index (χ2v) is 9.18. The number of para-hydroxylation sites is 1. The van der Waals surface area contributed by atoms with Crippen LogP contribution in [0.3, 0.4) is 0 Å². The molecule has 0 radical (unpaired) electrons. The Morgan fingerprint density at radius 3 is 2.56 bits per heavy atom. The van der Waals surface area contributed by atoms with E-state index in [2.05, 4.69) is 20.5 Å². The van der Waals surface area contributed by atoms with Gasteiger partial charge in [0.05, 0.1) is 5.02 Å². The first-order valence-electron chi connectivity index (χ1n) is 9.67. The summed E-state index contributed by atoms with van der Waals surface area (Å²) in [7, 11) is 0. The van der Waals surface area contributed by atoms with Crippen molar-refractivity contribution in [1.29, 1.82) is 0 Å². The topological polar surface area (TPSA) is 59.9 Å². The van der Waals surface area contributed by atoms with Crippen molar-refractivity contribution in [2.24, 2.45) is 0 Å². The highest BCUT2D eigenvalue weighted by molar-refractivity contribution is 7.98. The second kappa shape index (κ2) is 9.16. The molecular weight excluding hydrogens is 487 g/mol. The minimum atomic E-state index is -0.583. The van der Waals surface area contributed by atoms with Gasteiger partial charge in [-0.3, -0.25) is 0 Å². The highest BCUT2D eigenvalue weighted by Gasteiger charge is 2.27. The van der Waals surface area contributed by atoms with Crippen molar-refractivity contribution in [3.63, 3.8) is 0 Å². The molecule has 5 rings (SSSR count). The lowest BCUT2D eigenvalue weighted by Crippen LogP contribution is -2.17. The van der Waals surface area contributed by atoms with Gasteiger partial charge < -0.3 is 10.1 Å². The van der Waals surface area contributed by atoms with Crippen molar-refractivity contribution in [3.8, 4) is 17.1 Å². The highest BCUT2D eigenvalue weighted by Crippen LogP contribution is 2.41. The number of anilines is 1. The molecule has 4 aromatic rings. The van der Waals surface area contributed by atoms with Crippen molar-refractivity contribution in [3.05, 3.63) is 92.9 Å². The summed E-state index contributed by atoms with van der Waals surface area (Å²) >= 11 is 20.3. The summed E-state index contributed by atoms with van der Waals surface area (Å²) in [6.07, 6.45) is -0.583. The Hall–Kier alpha value is -2.51. The Kier molecular flexibility index (Phi) is 6.11. The quantitative estimate of drug-likeness (QED) is 0.296. The van der Waals surface area contributed by atoms with Gasteiger partial charge in [0.25, 0.3) is 0 Å². The smallest absolute Gasteiger partial charge is 0.247 e. The number of hydrogen-bond acceptors (Lipinski definition) is 6. The number of fused-ring (bicyclic) bond motifs is 3. The van der Waals surface area contributed by atoms with Crippen LogP contribution in [0.2, 0.25) is 15.1 Å². The fourth-order valence-electron chi connectivity index (χ4n) is 3.32. The molecule has 1 aromatic heterocycles. The zero-order valence-electron chi connectivity index (χ0n) is 16.4. The van der Waals surface area contributed by atoms with Crippen LogP contribution in [0.15, 0.2) is 71.9 Å². The summed E-state index contributed by atoms with van der Waals surface area (Å²) < 4.78 is 6.27. The van der Waals surface area contributed by atoms with E-state index >= 15 is 0 Å².